The molecule has 0 radical (unpaired) electrons. The zero-order chi connectivity index (χ0) is 25.8. The van der Waals surface area contributed by atoms with Gasteiger partial charge in [0.25, 0.3) is 0 Å². The minimum absolute atomic E-state index is 0.330. The molecular weight excluding hydrogens is 529 g/mol. The van der Waals surface area contributed by atoms with Crippen molar-refractivity contribution in [2.75, 3.05) is 49.5 Å². The highest BCUT2D eigenvalue weighted by molar-refractivity contribution is 7.20. The molecule has 1 aromatic carbocycles. The number of hydrogen-bond acceptors (Lipinski definition) is 8. The van der Waals surface area contributed by atoms with Crippen molar-refractivity contribution in [3.63, 3.8) is 0 Å². The van der Waals surface area contributed by atoms with Gasteiger partial charge >= 0.3 is 5.97 Å². The summed E-state index contributed by atoms with van der Waals surface area (Å²) >= 11 is 13.8. The van der Waals surface area contributed by atoms with E-state index < -0.39 is 0 Å². The van der Waals surface area contributed by atoms with E-state index in [1.165, 1.54) is 50.2 Å². The molecule has 37 heavy (non-hydrogen) atoms. The molecular formula is C27H33Cl2N5O2S. The second-order valence-electron chi connectivity index (χ2n) is 9.78. The Kier molecular flexibility index (Phi) is 8.70. The van der Waals surface area contributed by atoms with Crippen LogP contribution in [-0.2, 0) is 11.3 Å². The fourth-order valence-electron chi connectivity index (χ4n) is 5.13. The lowest BCUT2D eigenvalue weighted by Crippen LogP contribution is -2.36. The number of thiophene rings is 1. The smallest absolute Gasteiger partial charge is 0.348 e. The zero-order valence-corrected chi connectivity index (χ0v) is 23.5. The molecule has 3 aromatic rings. The quantitative estimate of drug-likeness (QED) is 0.299. The van der Waals surface area contributed by atoms with Crippen LogP contribution in [0.2, 0.25) is 10.0 Å². The molecule has 5 rings (SSSR count). The van der Waals surface area contributed by atoms with Gasteiger partial charge in [-0.05, 0) is 88.3 Å². The van der Waals surface area contributed by atoms with Crippen molar-refractivity contribution >= 4 is 62.5 Å². The minimum atomic E-state index is -0.336. The summed E-state index contributed by atoms with van der Waals surface area (Å²) in [7, 11) is 0. The van der Waals surface area contributed by atoms with E-state index >= 15 is 0 Å². The summed E-state index contributed by atoms with van der Waals surface area (Å²) < 4.78 is 5.23. The van der Waals surface area contributed by atoms with Crippen molar-refractivity contribution in [1.29, 1.82) is 0 Å². The SMILES string of the molecule is CCOC(=O)c1cc2c(NCc3ccc(Cl)cc3Cl)nc(N3CCC(CCN4CCCC4)CC3)nc2s1. The van der Waals surface area contributed by atoms with Crippen LogP contribution in [0.25, 0.3) is 10.2 Å². The van der Waals surface area contributed by atoms with Gasteiger partial charge in [0, 0.05) is 29.7 Å². The summed E-state index contributed by atoms with van der Waals surface area (Å²) in [6, 6.07) is 7.28. The lowest BCUT2D eigenvalue weighted by atomic mass is 9.93. The zero-order valence-electron chi connectivity index (χ0n) is 21.1. The normalized spacial score (nSPS) is 17.0. The number of hydrogen-bond donors (Lipinski definition) is 1. The van der Waals surface area contributed by atoms with E-state index in [9.17, 15) is 4.79 Å². The first kappa shape index (κ1) is 26.5. The number of anilines is 2. The number of aromatic nitrogens is 2. The van der Waals surface area contributed by atoms with Crippen LogP contribution >= 0.6 is 34.5 Å². The minimum Gasteiger partial charge on any atom is -0.462 e. The first-order chi connectivity index (χ1) is 18.0. The van der Waals surface area contributed by atoms with Crippen LogP contribution in [0.3, 0.4) is 0 Å². The Morgan fingerprint density at radius 3 is 2.65 bits per heavy atom. The van der Waals surface area contributed by atoms with Gasteiger partial charge in [0.2, 0.25) is 5.95 Å². The molecule has 0 aliphatic carbocycles. The van der Waals surface area contributed by atoms with Gasteiger partial charge in [-0.1, -0.05) is 29.3 Å². The number of carbonyl (C=O) groups excluding carboxylic acids is 1. The van der Waals surface area contributed by atoms with Crippen LogP contribution in [0.5, 0.6) is 0 Å². The van der Waals surface area contributed by atoms with E-state index in [-0.39, 0.29) is 5.97 Å². The van der Waals surface area contributed by atoms with Gasteiger partial charge in [-0.15, -0.1) is 11.3 Å². The van der Waals surface area contributed by atoms with Crippen LogP contribution in [0.1, 0.15) is 54.3 Å². The van der Waals surface area contributed by atoms with Crippen LogP contribution < -0.4 is 10.2 Å². The summed E-state index contributed by atoms with van der Waals surface area (Å²) in [5, 5.41) is 5.43. The maximum Gasteiger partial charge on any atom is 0.348 e. The monoisotopic (exact) mass is 561 g/mol. The highest BCUT2D eigenvalue weighted by Crippen LogP contribution is 2.33. The van der Waals surface area contributed by atoms with Gasteiger partial charge in [0.1, 0.15) is 15.5 Å². The van der Waals surface area contributed by atoms with Gasteiger partial charge < -0.3 is 19.9 Å². The van der Waals surface area contributed by atoms with E-state index in [2.05, 4.69) is 15.1 Å². The summed E-state index contributed by atoms with van der Waals surface area (Å²) in [5.41, 5.74) is 0.916. The molecule has 2 aliphatic rings. The number of fused-ring (bicyclic) bond motifs is 1. The third kappa shape index (κ3) is 6.48. The first-order valence-electron chi connectivity index (χ1n) is 13.1. The fraction of sp³-hybridized carbons (Fsp3) is 0.519. The second-order valence-corrected chi connectivity index (χ2v) is 11.7. The van der Waals surface area contributed by atoms with Crippen molar-refractivity contribution in [2.24, 2.45) is 5.92 Å². The van der Waals surface area contributed by atoms with E-state index in [4.69, 9.17) is 37.9 Å². The van der Waals surface area contributed by atoms with Crippen molar-refractivity contribution in [2.45, 2.75) is 45.6 Å². The summed E-state index contributed by atoms with van der Waals surface area (Å²) in [5.74, 6) is 1.81. The molecule has 10 heteroatoms. The fourth-order valence-corrected chi connectivity index (χ4v) is 6.52. The Hall–Kier alpha value is -2.13. The average molecular weight is 563 g/mol. The standard InChI is InChI=1S/C27H33Cl2N5O2S/c1-2-36-26(35)23-16-21-24(30-17-19-5-6-20(28)15-22(19)29)31-27(32-25(21)37-23)34-13-8-18(9-14-34)7-12-33-10-3-4-11-33/h5-6,15-16,18H,2-4,7-14,17H2,1H3,(H,30,31,32). The Morgan fingerprint density at radius 2 is 1.92 bits per heavy atom. The molecule has 2 aromatic heterocycles. The molecule has 2 saturated heterocycles. The van der Waals surface area contributed by atoms with E-state index in [1.54, 1.807) is 13.0 Å². The summed E-state index contributed by atoms with van der Waals surface area (Å²) in [6.07, 6.45) is 6.27. The molecule has 0 saturated carbocycles. The molecule has 0 unspecified atom stereocenters. The number of piperidine rings is 1. The Balaban J connectivity index is 1.33. The molecule has 2 aliphatic heterocycles. The van der Waals surface area contributed by atoms with E-state index in [1.807, 2.05) is 18.2 Å². The van der Waals surface area contributed by atoms with E-state index in [0.717, 1.165) is 47.6 Å². The molecule has 7 nitrogen and oxygen atoms in total. The maximum atomic E-state index is 12.4. The second kappa shape index (κ2) is 12.2. The number of ether oxygens (including phenoxy) is 1. The lowest BCUT2D eigenvalue weighted by molar-refractivity contribution is 0.0532. The molecule has 1 N–H and O–H groups in total. The van der Waals surface area contributed by atoms with Crippen molar-refractivity contribution in [3.8, 4) is 0 Å². The molecule has 2 fully saturated rings. The predicted molar refractivity (Wildman–Crippen MR) is 152 cm³/mol. The number of carbonyl (C=O) groups is 1. The topological polar surface area (TPSA) is 70.6 Å². The van der Waals surface area contributed by atoms with Gasteiger partial charge in [-0.3, -0.25) is 0 Å². The van der Waals surface area contributed by atoms with Crippen molar-refractivity contribution < 1.29 is 9.53 Å². The average Bonchev–Trinajstić information content (AvgIpc) is 3.57. The molecule has 0 atom stereocenters. The number of rotatable bonds is 9. The Morgan fingerprint density at radius 1 is 1.14 bits per heavy atom. The number of likely N-dealkylation sites (tertiary alicyclic amines) is 1. The highest BCUT2D eigenvalue weighted by atomic mass is 35.5. The van der Waals surface area contributed by atoms with Crippen LogP contribution in [0.4, 0.5) is 11.8 Å². The Labute approximate surface area is 232 Å². The van der Waals surface area contributed by atoms with Crippen molar-refractivity contribution in [3.05, 3.63) is 44.8 Å². The number of nitrogens with zero attached hydrogens (tertiary/aromatic N) is 4. The molecule has 0 bridgehead atoms. The largest absolute Gasteiger partial charge is 0.462 e. The number of esters is 1. The molecule has 198 valence electrons. The predicted octanol–water partition coefficient (Wildman–Crippen LogP) is 6.49. The number of nitrogens with one attached hydrogen (secondary N) is 1. The van der Waals surface area contributed by atoms with Crippen LogP contribution in [0.15, 0.2) is 24.3 Å². The molecule has 0 spiro atoms. The third-order valence-corrected chi connectivity index (χ3v) is 8.86. The highest BCUT2D eigenvalue weighted by Gasteiger charge is 2.24. The summed E-state index contributed by atoms with van der Waals surface area (Å²) in [4.78, 5) is 28.4. The van der Waals surface area contributed by atoms with Gasteiger partial charge in [-0.25, -0.2) is 9.78 Å². The number of halogens is 2. The molecule has 0 amide bonds. The first-order valence-corrected chi connectivity index (χ1v) is 14.7. The Bertz CT molecular complexity index is 1240. The van der Waals surface area contributed by atoms with Gasteiger partial charge in [0.05, 0.1) is 12.0 Å². The van der Waals surface area contributed by atoms with Gasteiger partial charge in [-0.2, -0.15) is 4.98 Å². The maximum absolute atomic E-state index is 12.4. The lowest BCUT2D eigenvalue weighted by Gasteiger charge is -2.33. The summed E-state index contributed by atoms with van der Waals surface area (Å²) in [6.45, 7) is 8.24. The third-order valence-electron chi connectivity index (χ3n) is 7.27. The van der Waals surface area contributed by atoms with Gasteiger partial charge in [0.15, 0.2) is 0 Å². The molecule has 4 heterocycles. The number of benzene rings is 1. The van der Waals surface area contributed by atoms with Crippen molar-refractivity contribution in [1.82, 2.24) is 14.9 Å². The van der Waals surface area contributed by atoms with E-state index in [0.29, 0.717) is 39.8 Å². The van der Waals surface area contributed by atoms with Crippen LogP contribution in [0, 0.1) is 5.92 Å². The van der Waals surface area contributed by atoms with Crippen LogP contribution in [-0.4, -0.2) is 60.2 Å².